The molecule has 2 N–H and O–H groups in total. The molecule has 0 bridgehead atoms. The lowest BCUT2D eigenvalue weighted by Gasteiger charge is -2.24. The fourth-order valence-electron chi connectivity index (χ4n) is 2.91. The molecule has 0 aliphatic rings. The summed E-state index contributed by atoms with van der Waals surface area (Å²) >= 11 is 12.2. The molecule has 6 nitrogen and oxygen atoms in total. The Balaban J connectivity index is 2.16. The Labute approximate surface area is 188 Å². The van der Waals surface area contributed by atoms with Crippen molar-refractivity contribution >= 4 is 44.8 Å². The highest BCUT2D eigenvalue weighted by Crippen LogP contribution is 2.25. The largest absolute Gasteiger partial charge is 0.351 e. The van der Waals surface area contributed by atoms with Gasteiger partial charge in [-0.2, -0.15) is 0 Å². The summed E-state index contributed by atoms with van der Waals surface area (Å²) < 4.78 is 28.0. The maximum absolute atomic E-state index is 12.8. The lowest BCUT2D eigenvalue weighted by Crippen LogP contribution is -2.38. The average molecular weight is 472 g/mol. The number of likely N-dealkylation sites (N-methyl/N-ethyl adjacent to an activating group) is 1. The molecule has 2 aromatic carbocycles. The van der Waals surface area contributed by atoms with E-state index >= 15 is 0 Å². The monoisotopic (exact) mass is 471 g/mol. The highest BCUT2D eigenvalue weighted by molar-refractivity contribution is 7.92. The predicted molar refractivity (Wildman–Crippen MR) is 123 cm³/mol. The fraction of sp³-hybridized carbons (Fsp3) is 0.381. The molecular weight excluding hydrogens is 445 g/mol. The van der Waals surface area contributed by atoms with Crippen LogP contribution in [-0.2, 0) is 10.0 Å². The van der Waals surface area contributed by atoms with Crippen LogP contribution in [-0.4, -0.2) is 44.9 Å². The van der Waals surface area contributed by atoms with Crippen LogP contribution in [0.25, 0.3) is 0 Å². The molecule has 0 saturated carbocycles. The SMILES string of the molecule is CCN(CCNC(=O)c1cc(S(=O)(=O)Nc2ccc(C)c(Cl)c2)ccc1Cl)C(C)C. The molecule has 0 heterocycles. The molecule has 2 rings (SSSR count). The smallest absolute Gasteiger partial charge is 0.261 e. The van der Waals surface area contributed by atoms with E-state index < -0.39 is 15.9 Å². The molecule has 164 valence electrons. The summed E-state index contributed by atoms with van der Waals surface area (Å²) in [4.78, 5) is 14.7. The summed E-state index contributed by atoms with van der Waals surface area (Å²) in [5, 5.41) is 3.44. The summed E-state index contributed by atoms with van der Waals surface area (Å²) in [7, 11) is -3.92. The van der Waals surface area contributed by atoms with Crippen LogP contribution in [0.15, 0.2) is 41.3 Å². The van der Waals surface area contributed by atoms with Crippen molar-refractivity contribution in [2.75, 3.05) is 24.4 Å². The van der Waals surface area contributed by atoms with Gasteiger partial charge in [-0.05, 0) is 63.2 Å². The van der Waals surface area contributed by atoms with Gasteiger partial charge >= 0.3 is 0 Å². The number of nitrogens with one attached hydrogen (secondary N) is 2. The van der Waals surface area contributed by atoms with Crippen LogP contribution < -0.4 is 10.0 Å². The first-order valence-electron chi connectivity index (χ1n) is 9.66. The van der Waals surface area contributed by atoms with E-state index in [2.05, 4.69) is 35.7 Å². The predicted octanol–water partition coefficient (Wildman–Crippen LogP) is 4.56. The Morgan fingerprint density at radius 2 is 1.80 bits per heavy atom. The van der Waals surface area contributed by atoms with Crippen molar-refractivity contribution in [1.29, 1.82) is 0 Å². The van der Waals surface area contributed by atoms with E-state index in [9.17, 15) is 13.2 Å². The third kappa shape index (κ3) is 6.35. The molecule has 0 radical (unpaired) electrons. The quantitative estimate of drug-likeness (QED) is 0.561. The zero-order chi connectivity index (χ0) is 22.5. The lowest BCUT2D eigenvalue weighted by atomic mass is 10.2. The lowest BCUT2D eigenvalue weighted by molar-refractivity contribution is 0.0946. The molecule has 9 heteroatoms. The number of nitrogens with zero attached hydrogens (tertiary/aromatic N) is 1. The van der Waals surface area contributed by atoms with Crippen molar-refractivity contribution in [3.05, 3.63) is 57.6 Å². The number of carbonyl (C=O) groups excluding carboxylic acids is 1. The number of hydrogen-bond donors (Lipinski definition) is 2. The first-order valence-corrected chi connectivity index (χ1v) is 11.9. The van der Waals surface area contributed by atoms with Crippen LogP contribution in [0.5, 0.6) is 0 Å². The minimum atomic E-state index is -3.92. The Morgan fingerprint density at radius 3 is 2.40 bits per heavy atom. The van der Waals surface area contributed by atoms with E-state index in [1.807, 2.05) is 6.92 Å². The van der Waals surface area contributed by atoms with Crippen molar-refractivity contribution < 1.29 is 13.2 Å². The Morgan fingerprint density at radius 1 is 1.10 bits per heavy atom. The van der Waals surface area contributed by atoms with Crippen LogP contribution in [0.2, 0.25) is 10.0 Å². The first-order chi connectivity index (χ1) is 14.0. The van der Waals surface area contributed by atoms with Crippen LogP contribution in [0.4, 0.5) is 5.69 Å². The standard InChI is InChI=1S/C21H27Cl2N3O3S/c1-5-26(14(2)3)11-10-24-21(27)18-13-17(8-9-19(18)22)30(28,29)25-16-7-6-15(4)20(23)12-16/h6-9,12-14,25H,5,10-11H2,1-4H3,(H,24,27). The van der Waals surface area contributed by atoms with E-state index in [1.54, 1.807) is 12.1 Å². The van der Waals surface area contributed by atoms with E-state index in [-0.39, 0.29) is 15.5 Å². The number of rotatable bonds is 9. The Bertz CT molecular complexity index is 1010. The summed E-state index contributed by atoms with van der Waals surface area (Å²) in [6, 6.07) is 9.27. The summed E-state index contributed by atoms with van der Waals surface area (Å²) in [5.41, 5.74) is 1.28. The van der Waals surface area contributed by atoms with Gasteiger partial charge in [0, 0.05) is 24.2 Å². The van der Waals surface area contributed by atoms with Gasteiger partial charge in [-0.15, -0.1) is 0 Å². The van der Waals surface area contributed by atoms with Crippen molar-refractivity contribution in [1.82, 2.24) is 10.2 Å². The molecule has 0 aliphatic heterocycles. The number of aryl methyl sites for hydroxylation is 1. The zero-order valence-electron chi connectivity index (χ0n) is 17.5. The maximum atomic E-state index is 12.8. The van der Waals surface area contributed by atoms with Gasteiger partial charge in [0.15, 0.2) is 0 Å². The van der Waals surface area contributed by atoms with Gasteiger partial charge in [0.2, 0.25) is 0 Å². The van der Waals surface area contributed by atoms with Crippen LogP contribution >= 0.6 is 23.2 Å². The second-order valence-corrected chi connectivity index (χ2v) is 9.69. The van der Waals surface area contributed by atoms with Gasteiger partial charge in [-0.1, -0.05) is 36.2 Å². The molecule has 0 saturated heterocycles. The number of benzene rings is 2. The minimum Gasteiger partial charge on any atom is -0.351 e. The molecule has 0 spiro atoms. The highest BCUT2D eigenvalue weighted by atomic mass is 35.5. The van der Waals surface area contributed by atoms with E-state index in [4.69, 9.17) is 23.2 Å². The maximum Gasteiger partial charge on any atom is 0.261 e. The normalized spacial score (nSPS) is 11.7. The van der Waals surface area contributed by atoms with Crippen LogP contribution in [0.3, 0.4) is 0 Å². The number of sulfonamides is 1. The van der Waals surface area contributed by atoms with E-state index in [0.717, 1.165) is 12.1 Å². The van der Waals surface area contributed by atoms with Crippen molar-refractivity contribution in [2.24, 2.45) is 0 Å². The molecule has 30 heavy (non-hydrogen) atoms. The minimum absolute atomic E-state index is 0.0638. The third-order valence-corrected chi connectivity index (χ3v) is 6.85. The van der Waals surface area contributed by atoms with Gasteiger partial charge in [0.25, 0.3) is 15.9 Å². The summed E-state index contributed by atoms with van der Waals surface area (Å²) in [6.07, 6.45) is 0. The third-order valence-electron chi connectivity index (χ3n) is 4.74. The molecule has 0 atom stereocenters. The number of hydrogen-bond acceptors (Lipinski definition) is 4. The summed E-state index contributed by atoms with van der Waals surface area (Å²) in [5.74, 6) is -0.421. The molecule has 0 unspecified atom stereocenters. The van der Waals surface area contributed by atoms with Gasteiger partial charge in [-0.3, -0.25) is 14.4 Å². The molecule has 0 aliphatic carbocycles. The van der Waals surface area contributed by atoms with Gasteiger partial charge < -0.3 is 5.32 Å². The van der Waals surface area contributed by atoms with Crippen molar-refractivity contribution in [3.63, 3.8) is 0 Å². The molecule has 0 fully saturated rings. The second kappa shape index (κ2) is 10.5. The number of amides is 1. The Kier molecular flexibility index (Phi) is 8.55. The number of halogens is 2. The fourth-order valence-corrected chi connectivity index (χ4v) is 4.36. The van der Waals surface area contributed by atoms with Crippen LogP contribution in [0, 0.1) is 6.92 Å². The van der Waals surface area contributed by atoms with E-state index in [1.165, 1.54) is 24.3 Å². The second-order valence-electron chi connectivity index (χ2n) is 7.19. The Hall–Kier alpha value is -1.80. The average Bonchev–Trinajstić information content (AvgIpc) is 2.67. The number of anilines is 1. The highest BCUT2D eigenvalue weighted by Gasteiger charge is 2.19. The first kappa shape index (κ1) is 24.5. The molecule has 2 aromatic rings. The summed E-state index contributed by atoms with van der Waals surface area (Å²) in [6.45, 7) is 10.0. The molecule has 1 amide bonds. The molecule has 0 aromatic heterocycles. The topological polar surface area (TPSA) is 78.5 Å². The van der Waals surface area contributed by atoms with Crippen molar-refractivity contribution in [3.8, 4) is 0 Å². The van der Waals surface area contributed by atoms with Gasteiger partial charge in [-0.25, -0.2) is 8.42 Å². The number of carbonyl (C=O) groups is 1. The van der Waals surface area contributed by atoms with Crippen LogP contribution in [0.1, 0.15) is 36.7 Å². The van der Waals surface area contributed by atoms with Gasteiger partial charge in [0.1, 0.15) is 0 Å². The van der Waals surface area contributed by atoms with Crippen molar-refractivity contribution in [2.45, 2.75) is 38.6 Å². The zero-order valence-corrected chi connectivity index (χ0v) is 19.8. The van der Waals surface area contributed by atoms with E-state index in [0.29, 0.717) is 29.8 Å². The van der Waals surface area contributed by atoms with Gasteiger partial charge in [0.05, 0.1) is 21.2 Å². The molecular formula is C21H27Cl2N3O3S.